The number of rotatable bonds is 20. The maximum Gasteiger partial charge on any atom is 0.330 e. The summed E-state index contributed by atoms with van der Waals surface area (Å²) in [7, 11) is -2.93. The van der Waals surface area contributed by atoms with Crippen molar-refractivity contribution >= 4 is 7.60 Å². The van der Waals surface area contributed by atoms with Crippen LogP contribution in [0, 0.1) is 0 Å². The molecule has 0 aliphatic carbocycles. The average molecular weight is 391 g/mol. The first kappa shape index (κ1) is 26.1. The molecule has 2 atom stereocenters. The van der Waals surface area contributed by atoms with Crippen molar-refractivity contribution < 1.29 is 13.6 Å². The SMILES string of the molecule is CCCCCCCCCCOP(=O)(CCCC)OC(CCC)CCCC. The van der Waals surface area contributed by atoms with Crippen LogP contribution in [0.25, 0.3) is 0 Å². The zero-order valence-corrected chi connectivity index (χ0v) is 19.2. The highest BCUT2D eigenvalue weighted by Crippen LogP contribution is 2.51. The summed E-state index contributed by atoms with van der Waals surface area (Å²) in [5.41, 5.74) is 0. The Hall–Kier alpha value is 0.150. The number of hydrogen-bond donors (Lipinski definition) is 0. The molecule has 0 N–H and O–H groups in total. The van der Waals surface area contributed by atoms with Gasteiger partial charge in [-0.05, 0) is 25.7 Å². The smallest absolute Gasteiger partial charge is 0.309 e. The quantitative estimate of drug-likeness (QED) is 0.154. The molecule has 26 heavy (non-hydrogen) atoms. The van der Waals surface area contributed by atoms with Gasteiger partial charge in [0.15, 0.2) is 0 Å². The summed E-state index contributed by atoms with van der Waals surface area (Å²) in [6.07, 6.45) is 18.1. The molecule has 158 valence electrons. The van der Waals surface area contributed by atoms with Crippen molar-refractivity contribution in [3.8, 4) is 0 Å². The lowest BCUT2D eigenvalue weighted by Crippen LogP contribution is -2.14. The number of hydrogen-bond acceptors (Lipinski definition) is 3. The first-order valence-corrected chi connectivity index (χ1v) is 13.3. The zero-order chi connectivity index (χ0) is 19.5. The van der Waals surface area contributed by atoms with Gasteiger partial charge in [0.05, 0.1) is 18.9 Å². The molecule has 0 bridgehead atoms. The summed E-state index contributed by atoms with van der Waals surface area (Å²) in [4.78, 5) is 0. The van der Waals surface area contributed by atoms with Crippen molar-refractivity contribution in [2.75, 3.05) is 12.8 Å². The van der Waals surface area contributed by atoms with Gasteiger partial charge in [-0.3, -0.25) is 4.57 Å². The lowest BCUT2D eigenvalue weighted by atomic mass is 10.1. The predicted octanol–water partition coefficient (Wildman–Crippen LogP) is 8.51. The van der Waals surface area contributed by atoms with Gasteiger partial charge >= 0.3 is 7.60 Å². The molecule has 4 heteroatoms. The van der Waals surface area contributed by atoms with Gasteiger partial charge in [0.1, 0.15) is 0 Å². The Bertz CT molecular complexity index is 333. The Labute approximate surface area is 164 Å². The Morgan fingerprint density at radius 3 is 1.81 bits per heavy atom. The summed E-state index contributed by atoms with van der Waals surface area (Å²) >= 11 is 0. The molecule has 0 aliphatic rings. The Morgan fingerprint density at radius 1 is 0.654 bits per heavy atom. The summed E-state index contributed by atoms with van der Waals surface area (Å²) in [5.74, 6) is 0. The maximum atomic E-state index is 13.2. The van der Waals surface area contributed by atoms with E-state index in [2.05, 4.69) is 27.7 Å². The molecule has 0 rings (SSSR count). The molecule has 0 aromatic carbocycles. The molecule has 0 aliphatic heterocycles. The second-order valence-electron chi connectivity index (χ2n) is 7.65. The van der Waals surface area contributed by atoms with Crippen molar-refractivity contribution in [1.82, 2.24) is 0 Å². The van der Waals surface area contributed by atoms with E-state index in [9.17, 15) is 4.57 Å². The van der Waals surface area contributed by atoms with Crippen molar-refractivity contribution in [1.29, 1.82) is 0 Å². The third-order valence-electron chi connectivity index (χ3n) is 4.87. The van der Waals surface area contributed by atoms with Crippen molar-refractivity contribution in [2.24, 2.45) is 0 Å². The van der Waals surface area contributed by atoms with Crippen LogP contribution in [0.3, 0.4) is 0 Å². The second-order valence-corrected chi connectivity index (χ2v) is 9.79. The fourth-order valence-corrected chi connectivity index (χ4v) is 5.24. The Kier molecular flexibility index (Phi) is 18.6. The average Bonchev–Trinajstić information content (AvgIpc) is 2.63. The van der Waals surface area contributed by atoms with Crippen LogP contribution in [0.4, 0.5) is 0 Å². The minimum atomic E-state index is -2.93. The van der Waals surface area contributed by atoms with Gasteiger partial charge in [-0.1, -0.05) is 98.3 Å². The summed E-state index contributed by atoms with van der Waals surface area (Å²) < 4.78 is 25.1. The van der Waals surface area contributed by atoms with Crippen LogP contribution >= 0.6 is 7.60 Å². The van der Waals surface area contributed by atoms with E-state index in [0.717, 1.165) is 51.4 Å². The van der Waals surface area contributed by atoms with E-state index in [1.165, 1.54) is 44.9 Å². The van der Waals surface area contributed by atoms with Gasteiger partial charge in [0.25, 0.3) is 0 Å². The Balaban J connectivity index is 4.19. The van der Waals surface area contributed by atoms with Crippen LogP contribution < -0.4 is 0 Å². The first-order chi connectivity index (χ1) is 12.6. The first-order valence-electron chi connectivity index (χ1n) is 11.5. The normalized spacial score (nSPS) is 15.1. The minimum Gasteiger partial charge on any atom is -0.309 e. The molecule has 0 saturated carbocycles. The fraction of sp³-hybridized carbons (Fsp3) is 1.00. The van der Waals surface area contributed by atoms with Crippen LogP contribution in [0.5, 0.6) is 0 Å². The van der Waals surface area contributed by atoms with Gasteiger partial charge in [-0.2, -0.15) is 0 Å². The molecule has 0 saturated heterocycles. The molecule has 0 fully saturated rings. The fourth-order valence-electron chi connectivity index (χ4n) is 3.17. The standard InChI is InChI=1S/C22H47O3P/c1-5-9-12-13-14-15-16-17-20-24-26(23,21-11-7-3)25-22(18-8-4)19-10-6-2/h22H,5-21H2,1-4H3. The van der Waals surface area contributed by atoms with Crippen LogP contribution in [0.2, 0.25) is 0 Å². The molecule has 3 nitrogen and oxygen atoms in total. The molecule has 2 unspecified atom stereocenters. The van der Waals surface area contributed by atoms with E-state index in [4.69, 9.17) is 9.05 Å². The van der Waals surface area contributed by atoms with Gasteiger partial charge in [0.2, 0.25) is 0 Å². The predicted molar refractivity (Wildman–Crippen MR) is 115 cm³/mol. The van der Waals surface area contributed by atoms with Gasteiger partial charge < -0.3 is 9.05 Å². The lowest BCUT2D eigenvalue weighted by molar-refractivity contribution is 0.129. The third-order valence-corrected chi connectivity index (χ3v) is 6.93. The van der Waals surface area contributed by atoms with Gasteiger partial charge in [-0.15, -0.1) is 0 Å². The summed E-state index contributed by atoms with van der Waals surface area (Å²) in [6.45, 7) is 9.33. The van der Waals surface area contributed by atoms with Crippen LogP contribution in [-0.2, 0) is 13.6 Å². The zero-order valence-electron chi connectivity index (χ0n) is 18.3. The summed E-state index contributed by atoms with van der Waals surface area (Å²) in [5, 5.41) is 0. The van der Waals surface area contributed by atoms with Crippen LogP contribution in [-0.4, -0.2) is 18.9 Å². The van der Waals surface area contributed by atoms with Crippen LogP contribution in [0.15, 0.2) is 0 Å². The van der Waals surface area contributed by atoms with Gasteiger partial charge in [0, 0.05) is 0 Å². The van der Waals surface area contributed by atoms with E-state index in [0.29, 0.717) is 12.8 Å². The van der Waals surface area contributed by atoms with E-state index >= 15 is 0 Å². The molecule has 0 aromatic rings. The highest BCUT2D eigenvalue weighted by Gasteiger charge is 2.27. The number of unbranched alkanes of at least 4 members (excludes halogenated alkanes) is 9. The van der Waals surface area contributed by atoms with Crippen LogP contribution in [0.1, 0.15) is 124 Å². The molecule has 0 spiro atoms. The monoisotopic (exact) mass is 390 g/mol. The third kappa shape index (κ3) is 15.2. The van der Waals surface area contributed by atoms with E-state index < -0.39 is 7.60 Å². The maximum absolute atomic E-state index is 13.2. The van der Waals surface area contributed by atoms with Crippen molar-refractivity contribution in [3.63, 3.8) is 0 Å². The lowest BCUT2D eigenvalue weighted by Gasteiger charge is -2.25. The summed E-state index contributed by atoms with van der Waals surface area (Å²) in [6, 6.07) is 0. The highest BCUT2D eigenvalue weighted by molar-refractivity contribution is 7.53. The Morgan fingerprint density at radius 2 is 1.23 bits per heavy atom. The minimum absolute atomic E-state index is 0.0983. The molecule has 0 radical (unpaired) electrons. The molecular formula is C22H47O3P. The molecule has 0 amide bonds. The van der Waals surface area contributed by atoms with E-state index in [1.54, 1.807) is 0 Å². The molecular weight excluding hydrogens is 343 g/mol. The molecule has 0 heterocycles. The van der Waals surface area contributed by atoms with Crippen molar-refractivity contribution in [3.05, 3.63) is 0 Å². The van der Waals surface area contributed by atoms with Gasteiger partial charge in [-0.25, -0.2) is 0 Å². The van der Waals surface area contributed by atoms with E-state index in [1.807, 2.05) is 0 Å². The van der Waals surface area contributed by atoms with E-state index in [-0.39, 0.29) is 6.10 Å². The highest BCUT2D eigenvalue weighted by atomic mass is 31.2. The molecule has 0 aromatic heterocycles. The second kappa shape index (κ2) is 18.5. The topological polar surface area (TPSA) is 35.5 Å². The van der Waals surface area contributed by atoms with Crippen molar-refractivity contribution in [2.45, 2.75) is 130 Å². The largest absolute Gasteiger partial charge is 0.330 e.